The zero-order valence-corrected chi connectivity index (χ0v) is 17.1. The summed E-state index contributed by atoms with van der Waals surface area (Å²) < 4.78 is 11.4. The predicted octanol–water partition coefficient (Wildman–Crippen LogP) is 3.33. The molecule has 0 spiro atoms. The number of hydrogen-bond donors (Lipinski definition) is 1. The third-order valence-corrected chi connectivity index (χ3v) is 4.58. The fourth-order valence-corrected chi connectivity index (χ4v) is 3.19. The van der Waals surface area contributed by atoms with E-state index in [1.165, 1.54) is 0 Å². The smallest absolute Gasteiger partial charge is 0.270 e. The van der Waals surface area contributed by atoms with Gasteiger partial charge in [-0.15, -0.1) is 0 Å². The van der Waals surface area contributed by atoms with Gasteiger partial charge in [0.2, 0.25) is 5.91 Å². The Kier molecular flexibility index (Phi) is 6.82. The minimum Gasteiger partial charge on any atom is -0.457 e. The van der Waals surface area contributed by atoms with E-state index in [4.69, 9.17) is 9.47 Å². The van der Waals surface area contributed by atoms with Gasteiger partial charge in [-0.25, -0.2) is 0 Å². The maximum absolute atomic E-state index is 12.3. The molecule has 0 atom stereocenters. The molecule has 0 fully saturated rings. The van der Waals surface area contributed by atoms with Crippen LogP contribution in [0.25, 0.3) is 0 Å². The summed E-state index contributed by atoms with van der Waals surface area (Å²) in [5, 5.41) is 2.84. The molecule has 29 heavy (non-hydrogen) atoms. The number of nitrogens with zero attached hydrogens (tertiary/aromatic N) is 2. The molecule has 1 N–H and O–H groups in total. The Bertz CT molecular complexity index is 882. The summed E-state index contributed by atoms with van der Waals surface area (Å²) in [5.41, 5.74) is 2.31. The topological polar surface area (TPSA) is 80.8 Å². The molecule has 0 bridgehead atoms. The molecule has 0 unspecified atom stereocenters. The van der Waals surface area contributed by atoms with Crippen LogP contribution in [0.2, 0.25) is 0 Å². The van der Waals surface area contributed by atoms with Crippen LogP contribution in [0.3, 0.4) is 0 Å². The summed E-state index contributed by atoms with van der Waals surface area (Å²) >= 11 is 0. The summed E-state index contributed by atoms with van der Waals surface area (Å²) in [6, 6.07) is 8.99. The summed E-state index contributed by atoms with van der Waals surface area (Å²) in [6.07, 6.45) is 3.28. The first kappa shape index (κ1) is 20.8. The van der Waals surface area contributed by atoms with Gasteiger partial charge in [-0.1, -0.05) is 0 Å². The van der Waals surface area contributed by atoms with Gasteiger partial charge in [0.1, 0.15) is 17.2 Å². The van der Waals surface area contributed by atoms with Crippen molar-refractivity contribution in [3.63, 3.8) is 0 Å². The van der Waals surface area contributed by atoms with Crippen molar-refractivity contribution in [1.29, 1.82) is 0 Å². The van der Waals surface area contributed by atoms with E-state index in [-0.39, 0.29) is 17.9 Å². The molecule has 2 amide bonds. The number of carbonyl (C=O) groups is 2. The maximum Gasteiger partial charge on any atom is 0.270 e. The fraction of sp³-hybridized carbons (Fsp3) is 0.409. The van der Waals surface area contributed by atoms with Crippen LogP contribution in [-0.2, 0) is 16.0 Å². The first-order valence-electron chi connectivity index (χ1n) is 9.89. The van der Waals surface area contributed by atoms with Gasteiger partial charge in [0, 0.05) is 44.6 Å². The van der Waals surface area contributed by atoms with Gasteiger partial charge in [-0.3, -0.25) is 14.6 Å². The largest absolute Gasteiger partial charge is 0.457 e. The number of fused-ring (bicyclic) bond motifs is 1. The van der Waals surface area contributed by atoms with Crippen LogP contribution in [0.1, 0.15) is 43.2 Å². The van der Waals surface area contributed by atoms with Gasteiger partial charge in [0.25, 0.3) is 5.91 Å². The number of nitrogens with one attached hydrogen (secondary N) is 1. The predicted molar refractivity (Wildman–Crippen MR) is 111 cm³/mol. The standard InChI is InChI=1S/C22H27N3O4/c1-15(2)28-12-4-9-24-22(27)20-14-19(7-10-23-20)29-18-5-6-21-17(13-18)8-11-25(21)16(3)26/h5-7,10,13-15H,4,8-9,11-12H2,1-3H3,(H,24,27). The van der Waals surface area contributed by atoms with Crippen molar-refractivity contribution >= 4 is 17.5 Å². The third-order valence-electron chi connectivity index (χ3n) is 4.58. The van der Waals surface area contributed by atoms with Crippen molar-refractivity contribution in [2.75, 3.05) is 24.6 Å². The lowest BCUT2D eigenvalue weighted by atomic mass is 10.1. The summed E-state index contributed by atoms with van der Waals surface area (Å²) in [5.74, 6) is 0.997. The van der Waals surface area contributed by atoms with E-state index in [0.29, 0.717) is 36.9 Å². The molecule has 1 aromatic heterocycles. The average molecular weight is 397 g/mol. The van der Waals surface area contributed by atoms with Crippen LogP contribution < -0.4 is 15.0 Å². The minimum atomic E-state index is -0.244. The van der Waals surface area contributed by atoms with Gasteiger partial charge < -0.3 is 19.7 Å². The van der Waals surface area contributed by atoms with E-state index < -0.39 is 0 Å². The number of ether oxygens (including phenoxy) is 2. The number of pyridine rings is 1. The molecule has 7 heteroatoms. The monoisotopic (exact) mass is 397 g/mol. The molecule has 0 aliphatic carbocycles. The first-order valence-corrected chi connectivity index (χ1v) is 9.89. The van der Waals surface area contributed by atoms with E-state index in [2.05, 4.69) is 10.3 Å². The van der Waals surface area contributed by atoms with Crippen LogP contribution >= 0.6 is 0 Å². The zero-order valence-electron chi connectivity index (χ0n) is 17.1. The van der Waals surface area contributed by atoms with Gasteiger partial charge in [-0.2, -0.15) is 0 Å². The van der Waals surface area contributed by atoms with Gasteiger partial charge in [-0.05, 0) is 56.5 Å². The second kappa shape index (κ2) is 9.52. The lowest BCUT2D eigenvalue weighted by Crippen LogP contribution is -2.26. The second-order valence-corrected chi connectivity index (χ2v) is 7.22. The molecule has 7 nitrogen and oxygen atoms in total. The molecule has 1 aliphatic heterocycles. The van der Waals surface area contributed by atoms with Crippen molar-refractivity contribution in [3.8, 4) is 11.5 Å². The van der Waals surface area contributed by atoms with Crippen LogP contribution in [0, 0.1) is 0 Å². The second-order valence-electron chi connectivity index (χ2n) is 7.22. The third kappa shape index (κ3) is 5.54. The number of rotatable bonds is 8. The zero-order chi connectivity index (χ0) is 20.8. The highest BCUT2D eigenvalue weighted by atomic mass is 16.5. The van der Waals surface area contributed by atoms with Crippen molar-refractivity contribution in [1.82, 2.24) is 10.3 Å². The lowest BCUT2D eigenvalue weighted by molar-refractivity contribution is -0.116. The van der Waals surface area contributed by atoms with E-state index in [0.717, 1.165) is 24.1 Å². The molecule has 0 radical (unpaired) electrons. The van der Waals surface area contributed by atoms with E-state index in [1.807, 2.05) is 32.0 Å². The van der Waals surface area contributed by atoms with Crippen LogP contribution in [0.15, 0.2) is 36.5 Å². The highest BCUT2D eigenvalue weighted by Gasteiger charge is 2.22. The Labute approximate surface area is 171 Å². The molecular formula is C22H27N3O4. The first-order chi connectivity index (χ1) is 13.9. The Morgan fingerprint density at radius 3 is 2.76 bits per heavy atom. The number of amides is 2. The summed E-state index contributed by atoms with van der Waals surface area (Å²) in [7, 11) is 0. The van der Waals surface area contributed by atoms with Gasteiger partial charge in [0.15, 0.2) is 0 Å². The number of benzene rings is 1. The fourth-order valence-electron chi connectivity index (χ4n) is 3.19. The molecule has 2 aromatic rings. The lowest BCUT2D eigenvalue weighted by Gasteiger charge is -2.15. The van der Waals surface area contributed by atoms with E-state index in [1.54, 1.807) is 30.2 Å². The number of hydrogen-bond acceptors (Lipinski definition) is 5. The van der Waals surface area contributed by atoms with Gasteiger partial charge >= 0.3 is 0 Å². The van der Waals surface area contributed by atoms with Crippen LogP contribution in [0.4, 0.5) is 5.69 Å². The molecule has 1 aromatic carbocycles. The van der Waals surface area contributed by atoms with Crippen molar-refractivity contribution in [3.05, 3.63) is 47.8 Å². The quantitative estimate of drug-likeness (QED) is 0.691. The highest BCUT2D eigenvalue weighted by Crippen LogP contribution is 2.33. The van der Waals surface area contributed by atoms with Crippen LogP contribution in [0.5, 0.6) is 11.5 Å². The molecule has 1 aliphatic rings. The number of aromatic nitrogens is 1. The minimum absolute atomic E-state index is 0.0398. The highest BCUT2D eigenvalue weighted by molar-refractivity contribution is 5.94. The summed E-state index contributed by atoms with van der Waals surface area (Å²) in [4.78, 5) is 29.9. The Balaban J connectivity index is 1.59. The normalized spacial score (nSPS) is 12.8. The SMILES string of the molecule is CC(=O)N1CCc2cc(Oc3ccnc(C(=O)NCCCOC(C)C)c3)ccc21. The Hall–Kier alpha value is -2.93. The molecule has 0 saturated heterocycles. The molecule has 0 saturated carbocycles. The van der Waals surface area contributed by atoms with E-state index >= 15 is 0 Å². The van der Waals surface area contributed by atoms with Crippen molar-refractivity contribution in [2.45, 2.75) is 39.7 Å². The number of anilines is 1. The molecular weight excluding hydrogens is 370 g/mol. The van der Waals surface area contributed by atoms with Crippen LogP contribution in [-0.4, -0.2) is 42.6 Å². The average Bonchev–Trinajstić information content (AvgIpc) is 3.11. The van der Waals surface area contributed by atoms with Gasteiger partial charge in [0.05, 0.1) is 6.10 Å². The molecule has 3 rings (SSSR count). The maximum atomic E-state index is 12.3. The van der Waals surface area contributed by atoms with Crippen molar-refractivity contribution < 1.29 is 19.1 Å². The van der Waals surface area contributed by atoms with Crippen molar-refractivity contribution in [2.24, 2.45) is 0 Å². The Morgan fingerprint density at radius 2 is 2.00 bits per heavy atom. The molecule has 2 heterocycles. The molecule has 154 valence electrons. The van der Waals surface area contributed by atoms with E-state index in [9.17, 15) is 9.59 Å². The summed E-state index contributed by atoms with van der Waals surface area (Å²) in [6.45, 7) is 7.35. The Morgan fingerprint density at radius 1 is 1.21 bits per heavy atom. The number of carbonyl (C=O) groups excluding carboxylic acids is 2.